The molecule has 0 amide bonds. The summed E-state index contributed by atoms with van der Waals surface area (Å²) in [6.07, 6.45) is 1.12. The van der Waals surface area contributed by atoms with Gasteiger partial charge in [-0.15, -0.1) is 0 Å². The van der Waals surface area contributed by atoms with Crippen molar-refractivity contribution in [2.45, 2.75) is 17.4 Å². The number of hydrogen-bond donors (Lipinski definition) is 2. The van der Waals surface area contributed by atoms with E-state index >= 15 is 0 Å². The molecule has 7 heteroatoms. The highest BCUT2D eigenvalue weighted by Crippen LogP contribution is 2.21. The Balaban J connectivity index is 3.03. The standard InChI is InChI=1S/C10H12ClNO4S/c1-17(15,16)7-3-2-6(8(11)5-7)4-9(12)10(13)14/h2-3,5,9H,4,12H2,1H3,(H,13,14)/t9-/m0/s1. The second-order valence-corrected chi connectivity index (χ2v) is 6.10. The fraction of sp³-hybridized carbons (Fsp3) is 0.300. The van der Waals surface area contributed by atoms with Crippen LogP contribution in [0.4, 0.5) is 0 Å². The second-order valence-electron chi connectivity index (χ2n) is 3.67. The van der Waals surface area contributed by atoms with Crippen molar-refractivity contribution < 1.29 is 18.3 Å². The maximum absolute atomic E-state index is 11.2. The summed E-state index contributed by atoms with van der Waals surface area (Å²) in [5.74, 6) is -1.13. The molecule has 0 saturated carbocycles. The van der Waals surface area contributed by atoms with Crippen molar-refractivity contribution in [3.8, 4) is 0 Å². The van der Waals surface area contributed by atoms with Crippen LogP contribution in [-0.4, -0.2) is 31.8 Å². The Morgan fingerprint density at radius 1 is 1.53 bits per heavy atom. The fourth-order valence-electron chi connectivity index (χ4n) is 1.25. The van der Waals surface area contributed by atoms with Crippen LogP contribution in [0.5, 0.6) is 0 Å². The molecule has 1 aromatic rings. The number of sulfone groups is 1. The van der Waals surface area contributed by atoms with Gasteiger partial charge in [0, 0.05) is 11.3 Å². The van der Waals surface area contributed by atoms with E-state index in [1.54, 1.807) is 0 Å². The number of halogens is 1. The van der Waals surface area contributed by atoms with Crippen molar-refractivity contribution in [1.29, 1.82) is 0 Å². The van der Waals surface area contributed by atoms with E-state index in [1.165, 1.54) is 18.2 Å². The molecule has 17 heavy (non-hydrogen) atoms. The number of carbonyl (C=O) groups is 1. The summed E-state index contributed by atoms with van der Waals surface area (Å²) in [5.41, 5.74) is 5.87. The predicted octanol–water partition coefficient (Wildman–Crippen LogP) is 0.698. The van der Waals surface area contributed by atoms with Gasteiger partial charge in [0.05, 0.1) is 4.90 Å². The van der Waals surface area contributed by atoms with Gasteiger partial charge in [0.15, 0.2) is 9.84 Å². The van der Waals surface area contributed by atoms with Gasteiger partial charge in [-0.1, -0.05) is 17.7 Å². The molecule has 0 spiro atoms. The molecule has 0 heterocycles. The van der Waals surface area contributed by atoms with Crippen molar-refractivity contribution >= 4 is 27.4 Å². The summed E-state index contributed by atoms with van der Waals surface area (Å²) in [5, 5.41) is 8.85. The Kier molecular flexibility index (Phi) is 4.13. The van der Waals surface area contributed by atoms with Crippen LogP contribution in [0.25, 0.3) is 0 Å². The average Bonchev–Trinajstić information content (AvgIpc) is 2.19. The fourth-order valence-corrected chi connectivity index (χ4v) is 2.22. The lowest BCUT2D eigenvalue weighted by Crippen LogP contribution is -2.32. The molecule has 0 aliphatic heterocycles. The Labute approximate surface area is 104 Å². The molecule has 0 fully saturated rings. The zero-order valence-corrected chi connectivity index (χ0v) is 10.6. The first kappa shape index (κ1) is 14.0. The van der Waals surface area contributed by atoms with Gasteiger partial charge in [0.1, 0.15) is 6.04 Å². The number of carboxylic acid groups (broad SMARTS) is 1. The molecule has 3 N–H and O–H groups in total. The largest absolute Gasteiger partial charge is 0.480 e. The summed E-state index contributed by atoms with van der Waals surface area (Å²) in [6, 6.07) is 3.09. The van der Waals surface area contributed by atoms with E-state index in [4.69, 9.17) is 22.4 Å². The highest BCUT2D eigenvalue weighted by molar-refractivity contribution is 7.90. The maximum Gasteiger partial charge on any atom is 0.320 e. The van der Waals surface area contributed by atoms with Crippen LogP contribution in [0.15, 0.2) is 23.1 Å². The van der Waals surface area contributed by atoms with Crippen LogP contribution in [0.2, 0.25) is 5.02 Å². The van der Waals surface area contributed by atoms with Gasteiger partial charge in [-0.25, -0.2) is 8.42 Å². The summed E-state index contributed by atoms with van der Waals surface area (Å²) in [6.45, 7) is 0. The summed E-state index contributed by atoms with van der Waals surface area (Å²) in [4.78, 5) is 10.7. The van der Waals surface area contributed by atoms with E-state index in [2.05, 4.69) is 0 Å². The zero-order valence-electron chi connectivity index (χ0n) is 9.05. The minimum Gasteiger partial charge on any atom is -0.480 e. The molecular formula is C10H12ClNO4S. The number of rotatable bonds is 4. The molecule has 1 aromatic carbocycles. The molecule has 1 atom stereocenters. The Morgan fingerprint density at radius 3 is 2.53 bits per heavy atom. The Morgan fingerprint density at radius 2 is 2.12 bits per heavy atom. The van der Waals surface area contributed by atoms with E-state index in [1.807, 2.05) is 0 Å². The summed E-state index contributed by atoms with van der Waals surface area (Å²) >= 11 is 5.87. The molecule has 1 rings (SSSR count). The van der Waals surface area contributed by atoms with Gasteiger partial charge in [0.2, 0.25) is 0 Å². The molecule has 0 unspecified atom stereocenters. The number of aliphatic carboxylic acids is 1. The quantitative estimate of drug-likeness (QED) is 0.844. The third-order valence-electron chi connectivity index (χ3n) is 2.21. The summed E-state index contributed by atoms with van der Waals surface area (Å²) in [7, 11) is -3.32. The first-order valence-electron chi connectivity index (χ1n) is 4.68. The smallest absolute Gasteiger partial charge is 0.320 e. The van der Waals surface area contributed by atoms with Crippen LogP contribution in [-0.2, 0) is 21.1 Å². The average molecular weight is 278 g/mol. The predicted molar refractivity (Wildman–Crippen MR) is 63.9 cm³/mol. The molecule has 0 bridgehead atoms. The topological polar surface area (TPSA) is 97.5 Å². The number of benzene rings is 1. The van der Waals surface area contributed by atoms with Crippen LogP contribution in [0.3, 0.4) is 0 Å². The van der Waals surface area contributed by atoms with Gasteiger partial charge in [-0.05, 0) is 24.1 Å². The maximum atomic E-state index is 11.2. The lowest BCUT2D eigenvalue weighted by molar-refractivity contribution is -0.138. The van der Waals surface area contributed by atoms with Crippen molar-refractivity contribution in [1.82, 2.24) is 0 Å². The van der Waals surface area contributed by atoms with Gasteiger partial charge in [-0.2, -0.15) is 0 Å². The Bertz CT molecular complexity index is 541. The van der Waals surface area contributed by atoms with E-state index in [-0.39, 0.29) is 16.3 Å². The first-order chi connectivity index (χ1) is 7.71. The third-order valence-corrected chi connectivity index (χ3v) is 3.67. The molecular weight excluding hydrogens is 266 g/mol. The normalized spacial score (nSPS) is 13.4. The van der Waals surface area contributed by atoms with Crippen molar-refractivity contribution in [2.75, 3.05) is 6.26 Å². The second kappa shape index (κ2) is 5.03. The van der Waals surface area contributed by atoms with Gasteiger partial charge >= 0.3 is 5.97 Å². The van der Waals surface area contributed by atoms with Gasteiger partial charge < -0.3 is 10.8 Å². The van der Waals surface area contributed by atoms with E-state index in [9.17, 15) is 13.2 Å². The van der Waals surface area contributed by atoms with Crippen molar-refractivity contribution in [2.24, 2.45) is 5.73 Å². The van der Waals surface area contributed by atoms with Crippen molar-refractivity contribution in [3.63, 3.8) is 0 Å². The zero-order chi connectivity index (χ0) is 13.2. The molecule has 0 aromatic heterocycles. The first-order valence-corrected chi connectivity index (χ1v) is 6.95. The highest BCUT2D eigenvalue weighted by Gasteiger charge is 2.15. The SMILES string of the molecule is CS(=O)(=O)c1ccc(C[C@H](N)C(=O)O)c(Cl)c1. The van der Waals surface area contributed by atoms with E-state index in [0.29, 0.717) is 5.56 Å². The van der Waals surface area contributed by atoms with E-state index < -0.39 is 21.8 Å². The van der Waals surface area contributed by atoms with Gasteiger partial charge in [-0.3, -0.25) is 4.79 Å². The summed E-state index contributed by atoms with van der Waals surface area (Å²) < 4.78 is 22.5. The van der Waals surface area contributed by atoms with Crippen LogP contribution in [0.1, 0.15) is 5.56 Å². The third kappa shape index (κ3) is 3.69. The molecule has 5 nitrogen and oxygen atoms in total. The Hall–Kier alpha value is -1.11. The number of nitrogens with two attached hydrogens (primary N) is 1. The molecule has 0 aliphatic rings. The molecule has 94 valence electrons. The van der Waals surface area contributed by atoms with Crippen LogP contribution < -0.4 is 5.73 Å². The number of carboxylic acids is 1. The van der Waals surface area contributed by atoms with Crippen molar-refractivity contribution in [3.05, 3.63) is 28.8 Å². The minimum absolute atomic E-state index is 0.0538. The molecule has 0 radical (unpaired) electrons. The van der Waals surface area contributed by atoms with Crippen LogP contribution in [0, 0.1) is 0 Å². The van der Waals surface area contributed by atoms with Gasteiger partial charge in [0.25, 0.3) is 0 Å². The monoisotopic (exact) mass is 277 g/mol. The highest BCUT2D eigenvalue weighted by atomic mass is 35.5. The number of hydrogen-bond acceptors (Lipinski definition) is 4. The molecule has 0 saturated heterocycles. The lowest BCUT2D eigenvalue weighted by atomic mass is 10.1. The van der Waals surface area contributed by atoms with E-state index in [0.717, 1.165) is 6.26 Å². The molecule has 0 aliphatic carbocycles. The van der Waals surface area contributed by atoms with Crippen LogP contribution >= 0.6 is 11.6 Å². The minimum atomic E-state index is -3.32. The lowest BCUT2D eigenvalue weighted by Gasteiger charge is -2.09.